The number of nitrogens with one attached hydrogen (secondary N) is 2. The Bertz CT molecular complexity index is 463. The van der Waals surface area contributed by atoms with Crippen LogP contribution in [0.1, 0.15) is 52.4 Å². The van der Waals surface area contributed by atoms with Gasteiger partial charge in [-0.1, -0.05) is 6.92 Å². The molecule has 0 aromatic carbocycles. The largest absolute Gasteiger partial charge is 0.450 e. The van der Waals surface area contributed by atoms with E-state index in [0.29, 0.717) is 12.6 Å². The van der Waals surface area contributed by atoms with E-state index in [2.05, 4.69) is 27.4 Å². The van der Waals surface area contributed by atoms with Crippen LogP contribution in [0, 0.1) is 5.92 Å². The SMILES string of the molecule is CCOC(=O)N1CCC(NC(=NC)NCCCCN2CCCC(C)C2)CC1. The number of nitrogens with zero attached hydrogens (tertiary/aromatic N) is 3. The number of unbranched alkanes of at least 4 members (excludes halogenated alkanes) is 1. The molecule has 2 fully saturated rings. The molecule has 27 heavy (non-hydrogen) atoms. The number of likely N-dealkylation sites (tertiary alicyclic amines) is 2. The molecule has 1 atom stereocenters. The average molecular weight is 382 g/mol. The predicted molar refractivity (Wildman–Crippen MR) is 110 cm³/mol. The topological polar surface area (TPSA) is 69.2 Å². The highest BCUT2D eigenvalue weighted by Gasteiger charge is 2.24. The number of hydrogen-bond acceptors (Lipinski definition) is 4. The zero-order valence-electron chi connectivity index (χ0n) is 17.5. The number of carbonyl (C=O) groups is 1. The smallest absolute Gasteiger partial charge is 0.409 e. The van der Waals surface area contributed by atoms with Crippen molar-refractivity contribution in [2.24, 2.45) is 10.9 Å². The summed E-state index contributed by atoms with van der Waals surface area (Å²) in [5.41, 5.74) is 0. The predicted octanol–water partition coefficient (Wildman–Crippen LogP) is 2.28. The van der Waals surface area contributed by atoms with Gasteiger partial charge >= 0.3 is 6.09 Å². The summed E-state index contributed by atoms with van der Waals surface area (Å²) in [5.74, 6) is 1.73. The number of amides is 1. The van der Waals surface area contributed by atoms with Crippen molar-refractivity contribution in [1.29, 1.82) is 0 Å². The van der Waals surface area contributed by atoms with Crippen LogP contribution in [-0.2, 0) is 4.74 Å². The molecule has 2 aliphatic heterocycles. The lowest BCUT2D eigenvalue weighted by Gasteiger charge is -2.32. The molecule has 156 valence electrons. The van der Waals surface area contributed by atoms with Crippen molar-refractivity contribution in [2.45, 2.75) is 58.4 Å². The number of hydrogen-bond donors (Lipinski definition) is 2. The van der Waals surface area contributed by atoms with Crippen LogP contribution in [0.25, 0.3) is 0 Å². The highest BCUT2D eigenvalue weighted by Crippen LogP contribution is 2.15. The van der Waals surface area contributed by atoms with Crippen molar-refractivity contribution >= 4 is 12.1 Å². The van der Waals surface area contributed by atoms with Crippen LogP contribution in [0.5, 0.6) is 0 Å². The highest BCUT2D eigenvalue weighted by atomic mass is 16.6. The van der Waals surface area contributed by atoms with Gasteiger partial charge in [0.05, 0.1) is 6.61 Å². The molecular formula is C20H39N5O2. The summed E-state index contributed by atoms with van der Waals surface area (Å²) in [5, 5.41) is 6.93. The van der Waals surface area contributed by atoms with Gasteiger partial charge in [0.1, 0.15) is 0 Å². The van der Waals surface area contributed by atoms with Crippen LogP contribution >= 0.6 is 0 Å². The molecule has 0 bridgehead atoms. The Hall–Kier alpha value is -1.50. The first-order chi connectivity index (χ1) is 13.1. The number of ether oxygens (including phenoxy) is 1. The summed E-state index contributed by atoms with van der Waals surface area (Å²) in [6, 6.07) is 0.358. The number of rotatable bonds is 7. The molecule has 1 amide bonds. The van der Waals surface area contributed by atoms with Crippen LogP contribution in [0.2, 0.25) is 0 Å². The Morgan fingerprint density at radius 3 is 2.63 bits per heavy atom. The lowest BCUT2D eigenvalue weighted by Crippen LogP contribution is -2.50. The standard InChI is InChI=1S/C20H39N5O2/c1-4-27-20(26)25-14-9-18(10-15-25)23-19(21-3)22-11-5-6-12-24-13-7-8-17(2)16-24/h17-18H,4-16H2,1-3H3,(H2,21,22,23). The third-order valence-electron chi connectivity index (χ3n) is 5.52. The molecule has 0 aromatic rings. The molecule has 2 N–H and O–H groups in total. The van der Waals surface area contributed by atoms with E-state index in [9.17, 15) is 4.79 Å². The van der Waals surface area contributed by atoms with Crippen molar-refractivity contribution in [3.63, 3.8) is 0 Å². The summed E-state index contributed by atoms with van der Waals surface area (Å²) in [6.45, 7) is 10.8. The maximum absolute atomic E-state index is 11.8. The Balaban J connectivity index is 1.56. The van der Waals surface area contributed by atoms with Gasteiger partial charge < -0.3 is 25.2 Å². The fraction of sp³-hybridized carbons (Fsp3) is 0.900. The Morgan fingerprint density at radius 1 is 1.19 bits per heavy atom. The van der Waals surface area contributed by atoms with E-state index in [0.717, 1.165) is 50.8 Å². The van der Waals surface area contributed by atoms with Gasteiger partial charge in [0.15, 0.2) is 5.96 Å². The molecule has 1 unspecified atom stereocenters. The van der Waals surface area contributed by atoms with Crippen LogP contribution < -0.4 is 10.6 Å². The second kappa shape index (κ2) is 12.1. The molecular weight excluding hydrogens is 342 g/mol. The van der Waals surface area contributed by atoms with E-state index in [-0.39, 0.29) is 6.09 Å². The van der Waals surface area contributed by atoms with E-state index in [1.54, 1.807) is 4.90 Å². The molecule has 0 aliphatic carbocycles. The van der Waals surface area contributed by atoms with Gasteiger partial charge in [-0.25, -0.2) is 4.79 Å². The molecule has 7 heteroatoms. The minimum Gasteiger partial charge on any atom is -0.450 e. The monoisotopic (exact) mass is 381 g/mol. The lowest BCUT2D eigenvalue weighted by molar-refractivity contribution is 0.0963. The van der Waals surface area contributed by atoms with Gasteiger partial charge in [0.2, 0.25) is 0 Å². The van der Waals surface area contributed by atoms with Gasteiger partial charge in [-0.2, -0.15) is 0 Å². The summed E-state index contributed by atoms with van der Waals surface area (Å²) in [4.78, 5) is 20.5. The number of guanidine groups is 1. The molecule has 2 saturated heterocycles. The van der Waals surface area contributed by atoms with Crippen molar-refractivity contribution in [2.75, 3.05) is 52.9 Å². The molecule has 7 nitrogen and oxygen atoms in total. The quantitative estimate of drug-likeness (QED) is 0.402. The zero-order chi connectivity index (χ0) is 19.5. The first kappa shape index (κ1) is 21.8. The van der Waals surface area contributed by atoms with E-state index >= 15 is 0 Å². The van der Waals surface area contributed by atoms with Gasteiger partial charge in [0, 0.05) is 39.3 Å². The van der Waals surface area contributed by atoms with Crippen molar-refractivity contribution in [3.05, 3.63) is 0 Å². The van der Waals surface area contributed by atoms with Gasteiger partial charge in [-0.3, -0.25) is 4.99 Å². The maximum atomic E-state index is 11.8. The molecule has 2 heterocycles. The third-order valence-corrected chi connectivity index (χ3v) is 5.52. The van der Waals surface area contributed by atoms with Gasteiger partial charge in [-0.15, -0.1) is 0 Å². The second-order valence-electron chi connectivity index (χ2n) is 7.86. The molecule has 0 radical (unpaired) electrons. The lowest BCUT2D eigenvalue weighted by atomic mass is 10.0. The first-order valence-corrected chi connectivity index (χ1v) is 10.7. The highest BCUT2D eigenvalue weighted by molar-refractivity contribution is 5.80. The van der Waals surface area contributed by atoms with E-state index < -0.39 is 0 Å². The Morgan fingerprint density at radius 2 is 1.96 bits per heavy atom. The second-order valence-corrected chi connectivity index (χ2v) is 7.86. The van der Waals surface area contributed by atoms with Crippen LogP contribution in [0.15, 0.2) is 4.99 Å². The summed E-state index contributed by atoms with van der Waals surface area (Å²) in [6.07, 6.45) is 6.78. The van der Waals surface area contributed by atoms with Crippen LogP contribution in [-0.4, -0.2) is 80.8 Å². The molecule has 2 rings (SSSR count). The zero-order valence-corrected chi connectivity index (χ0v) is 17.5. The number of piperidine rings is 2. The summed E-state index contributed by atoms with van der Waals surface area (Å²) >= 11 is 0. The van der Waals surface area contributed by atoms with Crippen molar-refractivity contribution < 1.29 is 9.53 Å². The molecule has 0 spiro atoms. The number of aliphatic imine (C=N–C) groups is 1. The summed E-state index contributed by atoms with van der Waals surface area (Å²) < 4.78 is 5.07. The minimum atomic E-state index is -0.193. The fourth-order valence-corrected chi connectivity index (χ4v) is 3.97. The van der Waals surface area contributed by atoms with Crippen LogP contribution in [0.3, 0.4) is 0 Å². The maximum Gasteiger partial charge on any atom is 0.409 e. The third kappa shape index (κ3) is 7.95. The van der Waals surface area contributed by atoms with Gasteiger partial charge in [0.25, 0.3) is 0 Å². The van der Waals surface area contributed by atoms with Crippen molar-refractivity contribution in [3.8, 4) is 0 Å². The van der Waals surface area contributed by atoms with Gasteiger partial charge in [-0.05, 0) is 64.5 Å². The fourth-order valence-electron chi connectivity index (χ4n) is 3.97. The summed E-state index contributed by atoms with van der Waals surface area (Å²) in [7, 11) is 1.82. The van der Waals surface area contributed by atoms with E-state index in [1.165, 1.54) is 38.9 Å². The average Bonchev–Trinajstić information content (AvgIpc) is 2.67. The molecule has 0 aromatic heterocycles. The molecule has 0 saturated carbocycles. The Labute approximate surface area is 164 Å². The Kier molecular flexibility index (Phi) is 9.73. The van der Waals surface area contributed by atoms with E-state index in [1.807, 2.05) is 14.0 Å². The van der Waals surface area contributed by atoms with Crippen molar-refractivity contribution in [1.82, 2.24) is 20.4 Å². The van der Waals surface area contributed by atoms with Crippen LogP contribution in [0.4, 0.5) is 4.79 Å². The first-order valence-electron chi connectivity index (χ1n) is 10.7. The van der Waals surface area contributed by atoms with E-state index in [4.69, 9.17) is 4.74 Å². The minimum absolute atomic E-state index is 0.193. The number of carbonyl (C=O) groups excluding carboxylic acids is 1. The normalized spacial score (nSPS) is 22.6. The molecule has 2 aliphatic rings.